The van der Waals surface area contributed by atoms with Gasteiger partial charge in [-0.05, 0) is 25.3 Å². The van der Waals surface area contributed by atoms with Crippen LogP contribution in [0.15, 0.2) is 17.5 Å². The summed E-state index contributed by atoms with van der Waals surface area (Å²) in [4.78, 5) is 1.26. The van der Waals surface area contributed by atoms with Gasteiger partial charge in [0, 0.05) is 11.4 Å². The standard InChI is InChI=1S/C9H13NOS/c1-9(2)6-10-8(11-9)7-4-3-5-12-7/h3-5,8,10H,6H2,1-2H3. The highest BCUT2D eigenvalue weighted by atomic mass is 32.1. The number of hydrogen-bond acceptors (Lipinski definition) is 3. The molecule has 12 heavy (non-hydrogen) atoms. The molecule has 2 heterocycles. The Hall–Kier alpha value is -0.380. The molecule has 0 saturated carbocycles. The second-order valence-electron chi connectivity index (χ2n) is 3.65. The maximum Gasteiger partial charge on any atom is 0.144 e. The quantitative estimate of drug-likeness (QED) is 0.720. The number of hydrogen-bond donors (Lipinski definition) is 1. The van der Waals surface area contributed by atoms with E-state index in [0.29, 0.717) is 0 Å². The van der Waals surface area contributed by atoms with Gasteiger partial charge in [-0.15, -0.1) is 11.3 Å². The lowest BCUT2D eigenvalue weighted by Crippen LogP contribution is -2.23. The van der Waals surface area contributed by atoms with E-state index in [4.69, 9.17) is 4.74 Å². The van der Waals surface area contributed by atoms with E-state index >= 15 is 0 Å². The first-order valence-electron chi connectivity index (χ1n) is 4.12. The van der Waals surface area contributed by atoms with Crippen molar-refractivity contribution in [3.05, 3.63) is 22.4 Å². The molecular formula is C9H13NOS. The lowest BCUT2D eigenvalue weighted by molar-refractivity contribution is -0.0139. The summed E-state index contributed by atoms with van der Waals surface area (Å²) in [6.07, 6.45) is 0.111. The Labute approximate surface area is 76.6 Å². The first kappa shape index (κ1) is 8.23. The third kappa shape index (κ3) is 1.53. The fourth-order valence-corrected chi connectivity index (χ4v) is 2.07. The molecule has 0 bridgehead atoms. The minimum absolute atomic E-state index is 0.0192. The van der Waals surface area contributed by atoms with Crippen LogP contribution in [0.4, 0.5) is 0 Å². The van der Waals surface area contributed by atoms with Gasteiger partial charge in [-0.1, -0.05) is 6.07 Å². The van der Waals surface area contributed by atoms with Crippen LogP contribution in [0.5, 0.6) is 0 Å². The Morgan fingerprint density at radius 3 is 3.00 bits per heavy atom. The Kier molecular flexibility index (Phi) is 1.94. The average molecular weight is 183 g/mol. The van der Waals surface area contributed by atoms with Crippen molar-refractivity contribution >= 4 is 11.3 Å². The molecule has 0 spiro atoms. The molecule has 1 aromatic heterocycles. The summed E-state index contributed by atoms with van der Waals surface area (Å²) in [6.45, 7) is 5.14. The SMILES string of the molecule is CC1(C)CNC(c2cccs2)O1. The van der Waals surface area contributed by atoms with Gasteiger partial charge in [-0.3, -0.25) is 5.32 Å². The van der Waals surface area contributed by atoms with Gasteiger partial charge in [0.1, 0.15) is 6.23 Å². The van der Waals surface area contributed by atoms with Crippen molar-refractivity contribution in [2.45, 2.75) is 25.7 Å². The van der Waals surface area contributed by atoms with Crippen molar-refractivity contribution in [1.82, 2.24) is 5.32 Å². The first-order valence-corrected chi connectivity index (χ1v) is 5.00. The summed E-state index contributed by atoms with van der Waals surface area (Å²) in [7, 11) is 0. The van der Waals surface area contributed by atoms with E-state index in [1.165, 1.54) is 4.88 Å². The Bertz CT molecular complexity index is 256. The Balaban J connectivity index is 2.10. The Morgan fingerprint density at radius 2 is 2.50 bits per heavy atom. The van der Waals surface area contributed by atoms with E-state index in [1.54, 1.807) is 11.3 Å². The van der Waals surface area contributed by atoms with Gasteiger partial charge < -0.3 is 4.74 Å². The molecular weight excluding hydrogens is 170 g/mol. The predicted octanol–water partition coefficient (Wildman–Crippen LogP) is 2.15. The number of thiophene rings is 1. The molecule has 1 atom stereocenters. The van der Waals surface area contributed by atoms with Crippen LogP contribution in [0.25, 0.3) is 0 Å². The molecule has 1 unspecified atom stereocenters. The van der Waals surface area contributed by atoms with Crippen LogP contribution in [-0.2, 0) is 4.74 Å². The predicted molar refractivity (Wildman–Crippen MR) is 50.2 cm³/mol. The smallest absolute Gasteiger partial charge is 0.144 e. The number of nitrogens with one attached hydrogen (secondary N) is 1. The van der Waals surface area contributed by atoms with Crippen molar-refractivity contribution in [1.29, 1.82) is 0 Å². The molecule has 0 radical (unpaired) electrons. The zero-order chi connectivity index (χ0) is 8.60. The number of rotatable bonds is 1. The van der Waals surface area contributed by atoms with E-state index in [9.17, 15) is 0 Å². The van der Waals surface area contributed by atoms with Crippen LogP contribution < -0.4 is 5.32 Å². The molecule has 0 aliphatic carbocycles. The fraction of sp³-hybridized carbons (Fsp3) is 0.556. The van der Waals surface area contributed by atoms with Gasteiger partial charge in [0.25, 0.3) is 0 Å². The highest BCUT2D eigenvalue weighted by Crippen LogP contribution is 2.29. The van der Waals surface area contributed by atoms with Crippen LogP contribution in [0.1, 0.15) is 25.0 Å². The van der Waals surface area contributed by atoms with E-state index in [0.717, 1.165) is 6.54 Å². The Morgan fingerprint density at radius 1 is 1.67 bits per heavy atom. The third-order valence-corrected chi connectivity index (χ3v) is 2.87. The van der Waals surface area contributed by atoms with Crippen molar-refractivity contribution in [3.63, 3.8) is 0 Å². The summed E-state index contributed by atoms with van der Waals surface area (Å²) in [5.74, 6) is 0. The first-order chi connectivity index (χ1) is 5.67. The van der Waals surface area contributed by atoms with E-state index in [-0.39, 0.29) is 11.8 Å². The minimum atomic E-state index is -0.0192. The second-order valence-corrected chi connectivity index (χ2v) is 4.63. The second kappa shape index (κ2) is 2.83. The summed E-state index contributed by atoms with van der Waals surface area (Å²) in [5.41, 5.74) is -0.0192. The molecule has 1 N–H and O–H groups in total. The molecule has 2 nitrogen and oxygen atoms in total. The van der Waals surface area contributed by atoms with Gasteiger partial charge in [0.2, 0.25) is 0 Å². The topological polar surface area (TPSA) is 21.3 Å². The normalized spacial score (nSPS) is 27.7. The third-order valence-electron chi connectivity index (χ3n) is 1.95. The van der Waals surface area contributed by atoms with Gasteiger partial charge in [-0.25, -0.2) is 0 Å². The summed E-state index contributed by atoms with van der Waals surface area (Å²) < 4.78 is 5.79. The van der Waals surface area contributed by atoms with Crippen molar-refractivity contribution in [2.75, 3.05) is 6.54 Å². The van der Waals surface area contributed by atoms with Crippen molar-refractivity contribution in [2.24, 2.45) is 0 Å². The molecule has 2 rings (SSSR count). The maximum atomic E-state index is 5.79. The van der Waals surface area contributed by atoms with Crippen LogP contribution in [0.2, 0.25) is 0 Å². The monoisotopic (exact) mass is 183 g/mol. The fourth-order valence-electron chi connectivity index (χ4n) is 1.34. The molecule has 1 saturated heterocycles. The van der Waals surface area contributed by atoms with E-state index in [1.807, 2.05) is 0 Å². The molecule has 66 valence electrons. The average Bonchev–Trinajstić information content (AvgIpc) is 2.55. The van der Waals surface area contributed by atoms with Crippen LogP contribution in [0, 0.1) is 0 Å². The van der Waals surface area contributed by atoms with Crippen LogP contribution in [-0.4, -0.2) is 12.1 Å². The number of ether oxygens (including phenoxy) is 1. The summed E-state index contributed by atoms with van der Waals surface area (Å²) in [6, 6.07) is 4.15. The zero-order valence-corrected chi connectivity index (χ0v) is 8.15. The molecule has 3 heteroatoms. The lowest BCUT2D eigenvalue weighted by atomic mass is 10.1. The van der Waals surface area contributed by atoms with Crippen LogP contribution in [0.3, 0.4) is 0 Å². The maximum absolute atomic E-state index is 5.79. The summed E-state index contributed by atoms with van der Waals surface area (Å²) in [5, 5.41) is 5.41. The summed E-state index contributed by atoms with van der Waals surface area (Å²) >= 11 is 1.73. The van der Waals surface area contributed by atoms with Crippen molar-refractivity contribution < 1.29 is 4.74 Å². The largest absolute Gasteiger partial charge is 0.351 e. The molecule has 1 aromatic rings. The van der Waals surface area contributed by atoms with Gasteiger partial charge in [0.15, 0.2) is 0 Å². The highest BCUT2D eigenvalue weighted by Gasteiger charge is 2.32. The van der Waals surface area contributed by atoms with E-state index < -0.39 is 0 Å². The van der Waals surface area contributed by atoms with Crippen LogP contribution >= 0.6 is 11.3 Å². The molecule has 0 amide bonds. The lowest BCUT2D eigenvalue weighted by Gasteiger charge is -2.16. The minimum Gasteiger partial charge on any atom is -0.351 e. The zero-order valence-electron chi connectivity index (χ0n) is 7.33. The molecule has 1 aliphatic rings. The van der Waals surface area contributed by atoms with E-state index in [2.05, 4.69) is 36.7 Å². The van der Waals surface area contributed by atoms with Gasteiger partial charge in [-0.2, -0.15) is 0 Å². The molecule has 1 fully saturated rings. The van der Waals surface area contributed by atoms with Gasteiger partial charge >= 0.3 is 0 Å². The molecule has 0 aromatic carbocycles. The van der Waals surface area contributed by atoms with Gasteiger partial charge in [0.05, 0.1) is 5.60 Å². The highest BCUT2D eigenvalue weighted by molar-refractivity contribution is 7.10. The molecule has 1 aliphatic heterocycles. The van der Waals surface area contributed by atoms with Crippen molar-refractivity contribution in [3.8, 4) is 0 Å².